The average Bonchev–Trinajstić information content (AvgIpc) is 2.18. The Labute approximate surface area is 86.7 Å². The molecule has 1 N–H and O–H groups in total. The lowest BCUT2D eigenvalue weighted by Gasteiger charge is -2.08. The Hall–Kier alpha value is -1.07. The van der Waals surface area contributed by atoms with Gasteiger partial charge in [-0.05, 0) is 0 Å². The molecule has 0 bridgehead atoms. The molecule has 0 saturated carbocycles. The van der Waals surface area contributed by atoms with E-state index in [4.69, 9.17) is 26.2 Å². The summed E-state index contributed by atoms with van der Waals surface area (Å²) in [6.45, 7) is 0.432. The van der Waals surface area contributed by atoms with Crippen LogP contribution >= 0.6 is 11.6 Å². The highest BCUT2D eigenvalue weighted by Gasteiger charge is 2.10. The molecule has 1 rings (SSSR count). The van der Waals surface area contributed by atoms with Crippen LogP contribution in [0.4, 0.5) is 0 Å². The molecule has 1 aromatic heterocycles. The fourth-order valence-electron chi connectivity index (χ4n) is 0.845. The summed E-state index contributed by atoms with van der Waals surface area (Å²) in [7, 11) is 1.46. The Balaban J connectivity index is 2.70. The van der Waals surface area contributed by atoms with Gasteiger partial charge >= 0.3 is 0 Å². The summed E-state index contributed by atoms with van der Waals surface area (Å²) in [4.78, 5) is 7.60. The third kappa shape index (κ3) is 2.71. The Morgan fingerprint density at radius 2 is 2.29 bits per heavy atom. The van der Waals surface area contributed by atoms with Crippen molar-refractivity contribution in [2.45, 2.75) is 6.42 Å². The molecule has 1 heterocycles. The lowest BCUT2D eigenvalue weighted by atomic mass is 10.5. The number of hydrogen-bond donors (Lipinski definition) is 1. The van der Waals surface area contributed by atoms with E-state index in [0.29, 0.717) is 24.7 Å². The molecule has 0 aliphatic rings. The number of methoxy groups -OCH3 is 1. The molecule has 0 atom stereocenters. The predicted molar refractivity (Wildman–Crippen MR) is 50.8 cm³/mol. The van der Waals surface area contributed by atoms with E-state index in [1.165, 1.54) is 13.4 Å². The summed E-state index contributed by atoms with van der Waals surface area (Å²) in [5.74, 6) is 0.605. The van der Waals surface area contributed by atoms with Crippen molar-refractivity contribution in [2.24, 2.45) is 0 Å². The molecule has 5 nitrogen and oxygen atoms in total. The first-order valence-electron chi connectivity index (χ1n) is 4.07. The molecule has 0 spiro atoms. The molecule has 0 aliphatic heterocycles. The molecular formula is C8H11ClN2O3. The molecule has 0 aromatic carbocycles. The van der Waals surface area contributed by atoms with Crippen LogP contribution in [-0.4, -0.2) is 35.4 Å². The minimum Gasteiger partial charge on any atom is -0.489 e. The SMILES string of the molecule is COc1c(Cl)ncnc1OCCCO. The maximum atomic E-state index is 8.56. The molecule has 6 heteroatoms. The summed E-state index contributed by atoms with van der Waals surface area (Å²) in [6, 6.07) is 0. The Morgan fingerprint density at radius 3 is 2.93 bits per heavy atom. The highest BCUT2D eigenvalue weighted by molar-refractivity contribution is 6.31. The summed E-state index contributed by atoms with van der Waals surface area (Å²) in [5, 5.41) is 8.77. The van der Waals surface area contributed by atoms with E-state index >= 15 is 0 Å². The quantitative estimate of drug-likeness (QED) is 0.588. The monoisotopic (exact) mass is 218 g/mol. The molecule has 0 unspecified atom stereocenters. The van der Waals surface area contributed by atoms with Gasteiger partial charge < -0.3 is 14.6 Å². The van der Waals surface area contributed by atoms with E-state index in [1.54, 1.807) is 0 Å². The molecule has 0 fully saturated rings. The van der Waals surface area contributed by atoms with Crippen molar-refractivity contribution >= 4 is 11.6 Å². The molecule has 0 amide bonds. The molecule has 0 aliphatic carbocycles. The fourth-order valence-corrected chi connectivity index (χ4v) is 1.05. The maximum Gasteiger partial charge on any atom is 0.261 e. The van der Waals surface area contributed by atoms with Gasteiger partial charge in [-0.3, -0.25) is 0 Å². The zero-order valence-electron chi connectivity index (χ0n) is 7.73. The first kappa shape index (κ1) is 11.0. The lowest BCUT2D eigenvalue weighted by Crippen LogP contribution is -2.03. The van der Waals surface area contributed by atoms with Crippen molar-refractivity contribution in [3.05, 3.63) is 11.5 Å². The minimum atomic E-state index is 0.0706. The standard InChI is InChI=1S/C8H11ClN2O3/c1-13-6-7(9)10-5-11-8(6)14-4-2-3-12/h5,12H,2-4H2,1H3. The van der Waals surface area contributed by atoms with Gasteiger partial charge in [-0.1, -0.05) is 11.6 Å². The normalized spacial score (nSPS) is 9.93. The molecule has 1 aromatic rings. The molecule has 14 heavy (non-hydrogen) atoms. The summed E-state index contributed by atoms with van der Waals surface area (Å²) >= 11 is 5.74. The van der Waals surface area contributed by atoms with Crippen molar-refractivity contribution in [3.63, 3.8) is 0 Å². The van der Waals surface area contributed by atoms with E-state index < -0.39 is 0 Å². The van der Waals surface area contributed by atoms with Crippen molar-refractivity contribution in [2.75, 3.05) is 20.3 Å². The maximum absolute atomic E-state index is 8.56. The first-order valence-corrected chi connectivity index (χ1v) is 4.45. The Kier molecular flexibility index (Phi) is 4.42. The molecule has 0 radical (unpaired) electrons. The summed E-state index contributed by atoms with van der Waals surface area (Å²) in [5.41, 5.74) is 0. The number of hydrogen-bond acceptors (Lipinski definition) is 5. The first-order chi connectivity index (χ1) is 6.79. The highest BCUT2D eigenvalue weighted by Crippen LogP contribution is 2.30. The molecule has 0 saturated heterocycles. The second-order valence-electron chi connectivity index (χ2n) is 2.43. The zero-order valence-corrected chi connectivity index (χ0v) is 8.49. The zero-order chi connectivity index (χ0) is 10.4. The van der Waals surface area contributed by atoms with Gasteiger partial charge in [-0.15, -0.1) is 0 Å². The van der Waals surface area contributed by atoms with Gasteiger partial charge in [0.25, 0.3) is 5.88 Å². The Bertz CT molecular complexity index is 296. The molecule has 78 valence electrons. The van der Waals surface area contributed by atoms with Crippen LogP contribution in [0.3, 0.4) is 0 Å². The van der Waals surface area contributed by atoms with Crippen LogP contribution in [-0.2, 0) is 0 Å². The van der Waals surface area contributed by atoms with Gasteiger partial charge in [-0.25, -0.2) is 4.98 Å². The third-order valence-electron chi connectivity index (χ3n) is 1.47. The second kappa shape index (κ2) is 5.62. The lowest BCUT2D eigenvalue weighted by molar-refractivity contribution is 0.222. The fraction of sp³-hybridized carbons (Fsp3) is 0.500. The van der Waals surface area contributed by atoms with Crippen LogP contribution in [0, 0.1) is 0 Å². The highest BCUT2D eigenvalue weighted by atomic mass is 35.5. The smallest absolute Gasteiger partial charge is 0.261 e. The van der Waals surface area contributed by atoms with Crippen LogP contribution in [0.2, 0.25) is 5.15 Å². The van der Waals surface area contributed by atoms with Gasteiger partial charge in [-0.2, -0.15) is 4.98 Å². The van der Waals surface area contributed by atoms with Gasteiger partial charge in [0, 0.05) is 13.0 Å². The van der Waals surface area contributed by atoms with E-state index in [9.17, 15) is 0 Å². The largest absolute Gasteiger partial charge is 0.489 e. The van der Waals surface area contributed by atoms with Crippen LogP contribution in [0.5, 0.6) is 11.6 Å². The Morgan fingerprint density at radius 1 is 1.50 bits per heavy atom. The summed E-state index contributed by atoms with van der Waals surface area (Å²) < 4.78 is 10.2. The van der Waals surface area contributed by atoms with Crippen molar-refractivity contribution < 1.29 is 14.6 Å². The number of halogens is 1. The van der Waals surface area contributed by atoms with Crippen LogP contribution < -0.4 is 9.47 Å². The van der Waals surface area contributed by atoms with Gasteiger partial charge in [0.1, 0.15) is 6.33 Å². The van der Waals surface area contributed by atoms with E-state index in [0.717, 1.165) is 0 Å². The number of aromatic nitrogens is 2. The number of aliphatic hydroxyl groups excluding tert-OH is 1. The van der Waals surface area contributed by atoms with E-state index in [-0.39, 0.29) is 11.8 Å². The minimum absolute atomic E-state index is 0.0706. The van der Waals surface area contributed by atoms with Gasteiger partial charge in [0.05, 0.1) is 13.7 Å². The predicted octanol–water partition coefficient (Wildman–Crippen LogP) is 0.900. The van der Waals surface area contributed by atoms with Crippen LogP contribution in [0.1, 0.15) is 6.42 Å². The third-order valence-corrected chi connectivity index (χ3v) is 1.74. The number of aliphatic hydroxyl groups is 1. The summed E-state index contributed by atoms with van der Waals surface area (Å²) in [6.07, 6.45) is 1.82. The molecular weight excluding hydrogens is 208 g/mol. The second-order valence-corrected chi connectivity index (χ2v) is 2.79. The average molecular weight is 219 g/mol. The van der Waals surface area contributed by atoms with Gasteiger partial charge in [0.15, 0.2) is 5.15 Å². The van der Waals surface area contributed by atoms with E-state index in [1.807, 2.05) is 0 Å². The number of nitrogens with zero attached hydrogens (tertiary/aromatic N) is 2. The topological polar surface area (TPSA) is 64.5 Å². The van der Waals surface area contributed by atoms with Gasteiger partial charge in [0.2, 0.25) is 5.75 Å². The van der Waals surface area contributed by atoms with Crippen molar-refractivity contribution in [1.82, 2.24) is 9.97 Å². The van der Waals surface area contributed by atoms with Crippen molar-refractivity contribution in [3.8, 4) is 11.6 Å². The van der Waals surface area contributed by atoms with Crippen LogP contribution in [0.15, 0.2) is 6.33 Å². The number of rotatable bonds is 5. The van der Waals surface area contributed by atoms with Crippen molar-refractivity contribution in [1.29, 1.82) is 0 Å². The van der Waals surface area contributed by atoms with E-state index in [2.05, 4.69) is 9.97 Å². The van der Waals surface area contributed by atoms with Crippen LogP contribution in [0.25, 0.3) is 0 Å². The number of ether oxygens (including phenoxy) is 2.